The van der Waals surface area contributed by atoms with Crippen LogP contribution in [-0.2, 0) is 9.47 Å². The summed E-state index contributed by atoms with van der Waals surface area (Å²) in [4.78, 5) is 0. The van der Waals surface area contributed by atoms with Crippen LogP contribution in [0.4, 0.5) is 26.3 Å². The lowest BCUT2D eigenvalue weighted by molar-refractivity contribution is -0.416. The Bertz CT molecular complexity index is 719. The molecular formula is C24H34F6O3. The molecule has 9 unspecified atom stereocenters. The van der Waals surface area contributed by atoms with Crippen molar-refractivity contribution in [2.24, 2.45) is 47.3 Å². The quantitative estimate of drug-likeness (QED) is 0.280. The lowest BCUT2D eigenvalue weighted by Crippen LogP contribution is -2.65. The molecule has 4 aliphatic rings. The van der Waals surface area contributed by atoms with E-state index in [1.165, 1.54) is 0 Å². The summed E-state index contributed by atoms with van der Waals surface area (Å²) in [5.74, 6) is -2.67. The SMILES string of the molecule is CC(C)C1CCC(C)C(OCOC(C2CC3C4C=CC(C4)C3C2O)(C(F)(F)F)C(F)(F)F)C1. The highest BCUT2D eigenvalue weighted by Crippen LogP contribution is 2.63. The molecule has 1 N–H and O–H groups in total. The maximum absolute atomic E-state index is 14.3. The summed E-state index contributed by atoms with van der Waals surface area (Å²) in [6.07, 6.45) is -7.35. The fourth-order valence-corrected chi connectivity index (χ4v) is 7.12. The first-order valence-electron chi connectivity index (χ1n) is 12.0. The van der Waals surface area contributed by atoms with Crippen LogP contribution in [0.25, 0.3) is 0 Å². The third-order valence-electron chi connectivity index (χ3n) is 9.06. The maximum Gasteiger partial charge on any atom is 0.426 e. The molecule has 0 aromatic heterocycles. The normalized spacial score (nSPS) is 41.2. The van der Waals surface area contributed by atoms with E-state index in [9.17, 15) is 31.4 Å². The van der Waals surface area contributed by atoms with Gasteiger partial charge in [0.25, 0.3) is 5.60 Å². The summed E-state index contributed by atoms with van der Waals surface area (Å²) >= 11 is 0. The molecule has 4 aliphatic carbocycles. The Morgan fingerprint density at radius 1 is 0.939 bits per heavy atom. The first-order chi connectivity index (χ1) is 15.3. The van der Waals surface area contributed by atoms with Crippen LogP contribution >= 0.6 is 0 Å². The van der Waals surface area contributed by atoms with Crippen molar-refractivity contribution < 1.29 is 40.9 Å². The number of fused-ring (bicyclic) bond motifs is 5. The van der Waals surface area contributed by atoms with E-state index >= 15 is 0 Å². The molecule has 0 heterocycles. The summed E-state index contributed by atoms with van der Waals surface area (Å²) in [5, 5.41) is 10.8. The number of alkyl halides is 6. The maximum atomic E-state index is 14.3. The molecule has 2 bridgehead atoms. The summed E-state index contributed by atoms with van der Waals surface area (Å²) in [6.45, 7) is 4.88. The van der Waals surface area contributed by atoms with E-state index in [-0.39, 0.29) is 24.2 Å². The van der Waals surface area contributed by atoms with Crippen molar-refractivity contribution in [2.45, 2.75) is 83.0 Å². The van der Waals surface area contributed by atoms with E-state index in [0.717, 1.165) is 12.8 Å². The second-order valence-corrected chi connectivity index (χ2v) is 11.0. The minimum Gasteiger partial charge on any atom is -0.392 e. The molecule has 33 heavy (non-hydrogen) atoms. The molecular weight excluding hydrogens is 450 g/mol. The fraction of sp³-hybridized carbons (Fsp3) is 0.917. The zero-order valence-electron chi connectivity index (χ0n) is 19.2. The van der Waals surface area contributed by atoms with Crippen LogP contribution < -0.4 is 0 Å². The average molecular weight is 485 g/mol. The van der Waals surface area contributed by atoms with Gasteiger partial charge in [0.1, 0.15) is 6.79 Å². The number of rotatable bonds is 6. The summed E-state index contributed by atoms with van der Waals surface area (Å²) < 4.78 is 95.9. The molecule has 3 fully saturated rings. The van der Waals surface area contributed by atoms with Crippen molar-refractivity contribution in [3.8, 4) is 0 Å². The summed E-state index contributed by atoms with van der Waals surface area (Å²) in [5.41, 5.74) is -4.46. The second-order valence-electron chi connectivity index (χ2n) is 11.0. The van der Waals surface area contributed by atoms with E-state index in [0.29, 0.717) is 24.7 Å². The van der Waals surface area contributed by atoms with Gasteiger partial charge in [-0.15, -0.1) is 0 Å². The molecule has 0 saturated heterocycles. The number of halogens is 6. The number of allylic oxidation sites excluding steroid dienone is 2. The number of aliphatic hydroxyl groups is 1. The Kier molecular flexibility index (Phi) is 6.67. The van der Waals surface area contributed by atoms with Gasteiger partial charge in [-0.3, -0.25) is 0 Å². The molecule has 3 nitrogen and oxygen atoms in total. The van der Waals surface area contributed by atoms with Gasteiger partial charge in [0, 0.05) is 5.92 Å². The Hall–Kier alpha value is -0.800. The largest absolute Gasteiger partial charge is 0.426 e. The van der Waals surface area contributed by atoms with E-state index in [1.807, 2.05) is 32.9 Å². The monoisotopic (exact) mass is 484 g/mol. The molecule has 9 heteroatoms. The molecule has 0 aromatic rings. The molecule has 0 spiro atoms. The molecule has 0 aromatic carbocycles. The zero-order chi connectivity index (χ0) is 24.3. The van der Waals surface area contributed by atoms with Gasteiger partial charge in [0.15, 0.2) is 0 Å². The van der Waals surface area contributed by atoms with Gasteiger partial charge in [0.05, 0.1) is 12.2 Å². The number of hydrogen-bond donors (Lipinski definition) is 1. The van der Waals surface area contributed by atoms with Crippen molar-refractivity contribution >= 4 is 0 Å². The highest BCUT2D eigenvalue weighted by atomic mass is 19.4. The molecule has 0 amide bonds. The van der Waals surface area contributed by atoms with E-state index in [1.54, 1.807) is 0 Å². The molecule has 0 radical (unpaired) electrons. The van der Waals surface area contributed by atoms with E-state index in [4.69, 9.17) is 9.47 Å². The predicted molar refractivity (Wildman–Crippen MR) is 109 cm³/mol. The average Bonchev–Trinajstić information content (AvgIpc) is 3.38. The van der Waals surface area contributed by atoms with Crippen LogP contribution in [0.1, 0.15) is 52.9 Å². The molecule has 9 atom stereocenters. The standard InChI is InChI=1S/C24H34F6O3/c1-12(2)14-5-4-13(3)19(9-14)32-11-33-22(23(25,26)27,24(28,29)30)18-10-17-15-6-7-16(8-15)20(17)21(18)31/h6-7,12-21,31H,4-5,8-11H2,1-3H3. The fourth-order valence-electron chi connectivity index (χ4n) is 7.12. The summed E-state index contributed by atoms with van der Waals surface area (Å²) in [6, 6.07) is 0. The first kappa shape index (κ1) is 25.3. The molecule has 190 valence electrons. The predicted octanol–water partition coefficient (Wildman–Crippen LogP) is 6.12. The van der Waals surface area contributed by atoms with Crippen LogP contribution in [0.2, 0.25) is 0 Å². The van der Waals surface area contributed by atoms with Gasteiger partial charge in [0.2, 0.25) is 0 Å². The second kappa shape index (κ2) is 8.70. The van der Waals surface area contributed by atoms with Crippen molar-refractivity contribution in [2.75, 3.05) is 6.79 Å². The smallest absolute Gasteiger partial charge is 0.392 e. The van der Waals surface area contributed by atoms with Gasteiger partial charge in [-0.1, -0.05) is 32.9 Å². The van der Waals surface area contributed by atoms with Gasteiger partial charge in [-0.25, -0.2) is 0 Å². The van der Waals surface area contributed by atoms with Crippen molar-refractivity contribution in [1.82, 2.24) is 0 Å². The highest BCUT2D eigenvalue weighted by molar-refractivity contribution is 5.21. The van der Waals surface area contributed by atoms with Crippen LogP contribution in [0.15, 0.2) is 12.2 Å². The van der Waals surface area contributed by atoms with E-state index < -0.39 is 54.7 Å². The molecule has 0 aliphatic heterocycles. The number of ether oxygens (including phenoxy) is 2. The Balaban J connectivity index is 1.55. The van der Waals surface area contributed by atoms with Gasteiger partial charge in [-0.2, -0.15) is 26.3 Å². The Morgan fingerprint density at radius 3 is 2.15 bits per heavy atom. The zero-order valence-corrected chi connectivity index (χ0v) is 19.2. The van der Waals surface area contributed by atoms with Crippen LogP contribution in [0.3, 0.4) is 0 Å². The molecule has 4 rings (SSSR count). The van der Waals surface area contributed by atoms with Gasteiger partial charge < -0.3 is 14.6 Å². The van der Waals surface area contributed by atoms with Crippen molar-refractivity contribution in [3.63, 3.8) is 0 Å². The van der Waals surface area contributed by atoms with E-state index in [2.05, 4.69) is 0 Å². The summed E-state index contributed by atoms with van der Waals surface area (Å²) in [7, 11) is 0. The minimum absolute atomic E-state index is 0.0212. The topological polar surface area (TPSA) is 38.7 Å². The van der Waals surface area contributed by atoms with Crippen LogP contribution in [0, 0.1) is 47.3 Å². The first-order valence-corrected chi connectivity index (χ1v) is 12.0. The Morgan fingerprint density at radius 2 is 1.58 bits per heavy atom. The third kappa shape index (κ3) is 4.14. The highest BCUT2D eigenvalue weighted by Gasteiger charge is 2.79. The third-order valence-corrected chi connectivity index (χ3v) is 9.06. The number of aliphatic hydroxyl groups excluding tert-OH is 1. The van der Waals surface area contributed by atoms with Crippen molar-refractivity contribution in [1.29, 1.82) is 0 Å². The lowest BCUT2D eigenvalue weighted by atomic mass is 9.76. The van der Waals surface area contributed by atoms with Crippen LogP contribution in [-0.4, -0.2) is 42.1 Å². The lowest BCUT2D eigenvalue weighted by Gasteiger charge is -2.43. The minimum atomic E-state index is -5.75. The Labute approximate surface area is 190 Å². The van der Waals surface area contributed by atoms with Gasteiger partial charge in [-0.05, 0) is 73.5 Å². The molecule has 3 saturated carbocycles. The van der Waals surface area contributed by atoms with Gasteiger partial charge >= 0.3 is 12.4 Å². The van der Waals surface area contributed by atoms with Crippen molar-refractivity contribution in [3.05, 3.63) is 12.2 Å². The number of hydrogen-bond acceptors (Lipinski definition) is 3. The van der Waals surface area contributed by atoms with Crippen LogP contribution in [0.5, 0.6) is 0 Å².